The Morgan fingerprint density at radius 1 is 1.31 bits per heavy atom. The molecule has 0 aliphatic carbocycles. The highest BCUT2D eigenvalue weighted by Crippen LogP contribution is 2.19. The standard InChI is InChI=1S/C8H7BClNO2/c10-7-3-1-2-5-6(9(12)13)4-11-8(5)7/h1-4,11-13H. The van der Waals surface area contributed by atoms with E-state index in [0.29, 0.717) is 10.5 Å². The van der Waals surface area contributed by atoms with Crippen molar-refractivity contribution in [1.29, 1.82) is 0 Å². The molecule has 3 N–H and O–H groups in total. The molecule has 66 valence electrons. The lowest BCUT2D eigenvalue weighted by Gasteiger charge is -1.96. The molecule has 0 amide bonds. The van der Waals surface area contributed by atoms with E-state index in [1.54, 1.807) is 24.4 Å². The lowest BCUT2D eigenvalue weighted by atomic mass is 9.80. The fourth-order valence-electron chi connectivity index (χ4n) is 1.35. The van der Waals surface area contributed by atoms with Gasteiger partial charge in [-0.15, -0.1) is 0 Å². The van der Waals surface area contributed by atoms with Crippen LogP contribution in [-0.2, 0) is 0 Å². The molecule has 13 heavy (non-hydrogen) atoms. The van der Waals surface area contributed by atoms with E-state index >= 15 is 0 Å². The fourth-order valence-corrected chi connectivity index (χ4v) is 1.58. The van der Waals surface area contributed by atoms with Gasteiger partial charge in [0.1, 0.15) is 0 Å². The van der Waals surface area contributed by atoms with Crippen LogP contribution in [0.15, 0.2) is 24.4 Å². The second-order valence-electron chi connectivity index (χ2n) is 2.78. The highest BCUT2D eigenvalue weighted by Gasteiger charge is 2.16. The first-order valence-electron chi connectivity index (χ1n) is 3.82. The van der Waals surface area contributed by atoms with Crippen LogP contribution in [0.3, 0.4) is 0 Å². The molecule has 0 spiro atoms. The predicted molar refractivity (Wildman–Crippen MR) is 53.1 cm³/mol. The maximum absolute atomic E-state index is 8.99. The quantitative estimate of drug-likeness (QED) is 0.581. The highest BCUT2D eigenvalue weighted by molar-refractivity contribution is 6.62. The largest absolute Gasteiger partial charge is 0.490 e. The second-order valence-corrected chi connectivity index (χ2v) is 3.19. The summed E-state index contributed by atoms with van der Waals surface area (Å²) in [6.45, 7) is 0. The number of rotatable bonds is 1. The summed E-state index contributed by atoms with van der Waals surface area (Å²) < 4.78 is 0. The molecule has 5 heteroatoms. The van der Waals surface area contributed by atoms with Crippen molar-refractivity contribution in [3.63, 3.8) is 0 Å². The number of aromatic amines is 1. The number of aromatic nitrogens is 1. The molecule has 0 fully saturated rings. The van der Waals surface area contributed by atoms with E-state index in [1.807, 2.05) is 0 Å². The molecule has 0 aliphatic rings. The molecule has 1 aromatic carbocycles. The van der Waals surface area contributed by atoms with Crippen molar-refractivity contribution in [2.24, 2.45) is 0 Å². The van der Waals surface area contributed by atoms with Crippen molar-refractivity contribution in [3.8, 4) is 0 Å². The van der Waals surface area contributed by atoms with Crippen molar-refractivity contribution in [1.82, 2.24) is 4.98 Å². The fraction of sp³-hybridized carbons (Fsp3) is 0. The van der Waals surface area contributed by atoms with Crippen LogP contribution in [-0.4, -0.2) is 22.2 Å². The van der Waals surface area contributed by atoms with Gasteiger partial charge in [0.2, 0.25) is 0 Å². The third kappa shape index (κ3) is 1.33. The Labute approximate surface area is 80.1 Å². The zero-order valence-corrected chi connectivity index (χ0v) is 7.42. The van der Waals surface area contributed by atoms with Gasteiger partial charge >= 0.3 is 7.12 Å². The van der Waals surface area contributed by atoms with Crippen LogP contribution in [0.25, 0.3) is 10.9 Å². The van der Waals surface area contributed by atoms with Crippen molar-refractivity contribution < 1.29 is 10.0 Å². The van der Waals surface area contributed by atoms with Crippen LogP contribution in [0.5, 0.6) is 0 Å². The average Bonchev–Trinajstić information content (AvgIpc) is 2.48. The maximum atomic E-state index is 8.99. The first-order valence-corrected chi connectivity index (χ1v) is 4.19. The molecule has 1 heterocycles. The lowest BCUT2D eigenvalue weighted by molar-refractivity contribution is 0.426. The molecule has 0 bridgehead atoms. The van der Waals surface area contributed by atoms with Gasteiger partial charge in [0.15, 0.2) is 0 Å². The van der Waals surface area contributed by atoms with Gasteiger partial charge in [0.05, 0.1) is 10.5 Å². The third-order valence-electron chi connectivity index (χ3n) is 1.97. The number of benzene rings is 1. The zero-order chi connectivity index (χ0) is 9.42. The molecule has 1 aromatic heterocycles. The van der Waals surface area contributed by atoms with Crippen molar-refractivity contribution in [2.75, 3.05) is 0 Å². The minimum Gasteiger partial charge on any atom is -0.423 e. The molecular formula is C8H7BClNO2. The third-order valence-corrected chi connectivity index (χ3v) is 2.29. The number of para-hydroxylation sites is 1. The monoisotopic (exact) mass is 195 g/mol. The van der Waals surface area contributed by atoms with Crippen LogP contribution in [0.4, 0.5) is 0 Å². The van der Waals surface area contributed by atoms with E-state index in [0.717, 1.165) is 10.9 Å². The summed E-state index contributed by atoms with van der Waals surface area (Å²) in [4.78, 5) is 2.89. The molecule has 3 nitrogen and oxygen atoms in total. The van der Waals surface area contributed by atoms with Gasteiger partial charge in [-0.05, 0) is 6.07 Å². The highest BCUT2D eigenvalue weighted by atomic mass is 35.5. The Kier molecular flexibility index (Phi) is 2.03. The Morgan fingerprint density at radius 2 is 2.08 bits per heavy atom. The number of fused-ring (bicyclic) bond motifs is 1. The Balaban J connectivity index is 2.75. The Bertz CT molecular complexity index is 441. The van der Waals surface area contributed by atoms with E-state index < -0.39 is 7.12 Å². The van der Waals surface area contributed by atoms with Gasteiger partial charge < -0.3 is 15.0 Å². The summed E-state index contributed by atoms with van der Waals surface area (Å²) in [6.07, 6.45) is 1.54. The first-order chi connectivity index (χ1) is 6.20. The van der Waals surface area contributed by atoms with Gasteiger partial charge in [0, 0.05) is 17.0 Å². The second kappa shape index (κ2) is 3.07. The zero-order valence-electron chi connectivity index (χ0n) is 6.66. The number of hydrogen-bond acceptors (Lipinski definition) is 2. The van der Waals surface area contributed by atoms with E-state index in [9.17, 15) is 0 Å². The topological polar surface area (TPSA) is 56.2 Å². The van der Waals surface area contributed by atoms with Crippen molar-refractivity contribution in [3.05, 3.63) is 29.4 Å². The molecule has 0 radical (unpaired) electrons. The van der Waals surface area contributed by atoms with Crippen molar-refractivity contribution in [2.45, 2.75) is 0 Å². The van der Waals surface area contributed by atoms with E-state index in [4.69, 9.17) is 21.6 Å². The molecule has 0 atom stereocenters. The molecular weight excluding hydrogens is 188 g/mol. The van der Waals surface area contributed by atoms with E-state index in [1.165, 1.54) is 0 Å². The van der Waals surface area contributed by atoms with E-state index in [2.05, 4.69) is 4.98 Å². The van der Waals surface area contributed by atoms with Crippen LogP contribution in [0.2, 0.25) is 5.02 Å². The molecule has 0 unspecified atom stereocenters. The summed E-state index contributed by atoms with van der Waals surface area (Å²) in [5.41, 5.74) is 1.17. The van der Waals surface area contributed by atoms with Gasteiger partial charge in [-0.1, -0.05) is 23.7 Å². The number of hydrogen-bond donors (Lipinski definition) is 3. The Hall–Kier alpha value is -0.965. The molecule has 0 saturated carbocycles. The summed E-state index contributed by atoms with van der Waals surface area (Å²) in [7, 11) is -1.47. The minimum atomic E-state index is -1.47. The normalized spacial score (nSPS) is 10.7. The van der Waals surface area contributed by atoms with Crippen LogP contribution in [0.1, 0.15) is 0 Å². The molecule has 2 rings (SSSR count). The van der Waals surface area contributed by atoms with Crippen LogP contribution < -0.4 is 5.46 Å². The van der Waals surface area contributed by atoms with Gasteiger partial charge in [-0.2, -0.15) is 0 Å². The minimum absolute atomic E-state index is 0.442. The summed E-state index contributed by atoms with van der Waals surface area (Å²) in [5, 5.41) is 19.3. The number of nitrogens with one attached hydrogen (secondary N) is 1. The SMILES string of the molecule is OB(O)c1c[nH]c2c(Cl)cccc12. The van der Waals surface area contributed by atoms with E-state index in [-0.39, 0.29) is 0 Å². The van der Waals surface area contributed by atoms with Gasteiger partial charge in [-0.25, -0.2) is 0 Å². The van der Waals surface area contributed by atoms with Gasteiger partial charge in [0.25, 0.3) is 0 Å². The maximum Gasteiger partial charge on any atom is 0.490 e. The smallest absolute Gasteiger partial charge is 0.423 e. The van der Waals surface area contributed by atoms with Crippen molar-refractivity contribution >= 4 is 35.1 Å². The van der Waals surface area contributed by atoms with Crippen LogP contribution in [0, 0.1) is 0 Å². The number of H-pyrrole nitrogens is 1. The summed E-state index contributed by atoms with van der Waals surface area (Å²) >= 11 is 5.88. The first kappa shape index (κ1) is 8.63. The summed E-state index contributed by atoms with van der Waals surface area (Å²) in [5.74, 6) is 0. The predicted octanol–water partition coefficient (Wildman–Crippen LogP) is 0.501. The lowest BCUT2D eigenvalue weighted by Crippen LogP contribution is -2.28. The molecule has 0 aliphatic heterocycles. The average molecular weight is 195 g/mol. The van der Waals surface area contributed by atoms with Gasteiger partial charge in [-0.3, -0.25) is 0 Å². The molecule has 0 saturated heterocycles. The number of halogens is 1. The van der Waals surface area contributed by atoms with Crippen LogP contribution >= 0.6 is 11.6 Å². The molecule has 2 aromatic rings. The Morgan fingerprint density at radius 3 is 2.77 bits per heavy atom. The summed E-state index contributed by atoms with van der Waals surface area (Å²) in [6, 6.07) is 5.30.